The van der Waals surface area contributed by atoms with E-state index in [4.69, 9.17) is 10.5 Å². The number of ether oxygens (including phenoxy) is 1. The van der Waals surface area contributed by atoms with Crippen molar-refractivity contribution >= 4 is 0 Å². The van der Waals surface area contributed by atoms with Gasteiger partial charge in [0.15, 0.2) is 0 Å². The van der Waals surface area contributed by atoms with Crippen LogP contribution >= 0.6 is 0 Å². The smallest absolute Gasteiger partial charge is 0.119 e. The summed E-state index contributed by atoms with van der Waals surface area (Å²) in [6.45, 7) is 3.21. The minimum Gasteiger partial charge on any atom is -0.497 e. The highest BCUT2D eigenvalue weighted by Crippen LogP contribution is 2.35. The van der Waals surface area contributed by atoms with E-state index < -0.39 is 0 Å². The van der Waals surface area contributed by atoms with Crippen LogP contribution in [0, 0.1) is 0 Å². The highest BCUT2D eigenvalue weighted by Gasteiger charge is 2.38. The molecule has 2 aliphatic rings. The number of hydrogen-bond donors (Lipinski definition) is 1. The van der Waals surface area contributed by atoms with Crippen molar-refractivity contribution in [1.82, 2.24) is 4.90 Å². The number of fused-ring (bicyclic) bond motifs is 1. The molecule has 1 fully saturated rings. The monoisotopic (exact) mass is 288 g/mol. The summed E-state index contributed by atoms with van der Waals surface area (Å²) in [5, 5.41) is 0. The molecular formula is C18H28N2O. The Bertz CT molecular complexity index is 480. The van der Waals surface area contributed by atoms with Crippen LogP contribution < -0.4 is 10.5 Å². The second kappa shape index (κ2) is 6.37. The minimum absolute atomic E-state index is 0.170. The summed E-state index contributed by atoms with van der Waals surface area (Å²) >= 11 is 0. The Morgan fingerprint density at radius 3 is 2.57 bits per heavy atom. The molecule has 3 nitrogen and oxygen atoms in total. The largest absolute Gasteiger partial charge is 0.497 e. The molecule has 1 heterocycles. The SMILES string of the molecule is COc1ccc2c(c1)CC(CN)(N1CCCCCC1)CC2. The van der Waals surface area contributed by atoms with Crippen LogP contribution in [0.3, 0.4) is 0 Å². The van der Waals surface area contributed by atoms with E-state index in [2.05, 4.69) is 23.1 Å². The molecule has 1 unspecified atom stereocenters. The Morgan fingerprint density at radius 2 is 1.90 bits per heavy atom. The Balaban J connectivity index is 1.86. The zero-order chi connectivity index (χ0) is 14.7. The topological polar surface area (TPSA) is 38.5 Å². The van der Waals surface area contributed by atoms with Gasteiger partial charge in [-0.3, -0.25) is 4.90 Å². The molecule has 1 aromatic carbocycles. The molecule has 0 spiro atoms. The summed E-state index contributed by atoms with van der Waals surface area (Å²) in [6.07, 6.45) is 8.83. The van der Waals surface area contributed by atoms with Gasteiger partial charge in [0, 0.05) is 12.1 Å². The normalized spacial score (nSPS) is 27.0. The lowest BCUT2D eigenvalue weighted by molar-refractivity contribution is 0.0828. The van der Waals surface area contributed by atoms with Crippen molar-refractivity contribution < 1.29 is 4.74 Å². The van der Waals surface area contributed by atoms with Crippen molar-refractivity contribution in [3.8, 4) is 5.75 Å². The predicted octanol–water partition coefficient (Wildman–Crippen LogP) is 2.76. The van der Waals surface area contributed by atoms with Gasteiger partial charge in [0.2, 0.25) is 0 Å². The summed E-state index contributed by atoms with van der Waals surface area (Å²) < 4.78 is 5.40. The zero-order valence-electron chi connectivity index (χ0n) is 13.2. The average Bonchev–Trinajstić information content (AvgIpc) is 2.83. The molecule has 1 aromatic rings. The molecule has 1 aliphatic heterocycles. The number of aryl methyl sites for hydroxylation is 1. The van der Waals surface area contributed by atoms with Crippen molar-refractivity contribution in [1.29, 1.82) is 0 Å². The van der Waals surface area contributed by atoms with Gasteiger partial charge in [0.25, 0.3) is 0 Å². The fourth-order valence-corrected chi connectivity index (χ4v) is 4.07. The number of nitrogens with two attached hydrogens (primary N) is 1. The summed E-state index contributed by atoms with van der Waals surface area (Å²) in [6, 6.07) is 6.54. The fraction of sp³-hybridized carbons (Fsp3) is 0.667. The Hall–Kier alpha value is -1.06. The molecule has 1 saturated heterocycles. The molecule has 0 saturated carbocycles. The number of likely N-dealkylation sites (tertiary alicyclic amines) is 1. The van der Waals surface area contributed by atoms with Gasteiger partial charge in [0.05, 0.1) is 7.11 Å². The lowest BCUT2D eigenvalue weighted by atomic mass is 9.76. The third-order valence-electron chi connectivity index (χ3n) is 5.45. The Morgan fingerprint density at radius 1 is 1.14 bits per heavy atom. The zero-order valence-corrected chi connectivity index (χ0v) is 13.2. The average molecular weight is 288 g/mol. The molecular weight excluding hydrogens is 260 g/mol. The van der Waals surface area contributed by atoms with Crippen molar-refractivity contribution in [2.75, 3.05) is 26.7 Å². The van der Waals surface area contributed by atoms with E-state index in [9.17, 15) is 0 Å². The van der Waals surface area contributed by atoms with Crippen LogP contribution in [0.25, 0.3) is 0 Å². The second-order valence-electron chi connectivity index (χ2n) is 6.64. The van der Waals surface area contributed by atoms with Crippen LogP contribution in [0.1, 0.15) is 43.2 Å². The van der Waals surface area contributed by atoms with Gasteiger partial charge in [-0.05, 0) is 68.5 Å². The number of benzene rings is 1. The molecule has 3 heteroatoms. The van der Waals surface area contributed by atoms with E-state index in [0.717, 1.165) is 25.1 Å². The standard InChI is InChI=1S/C18H28N2O/c1-21-17-7-6-15-8-9-18(14-19,13-16(15)12-17)20-10-4-2-3-5-11-20/h6-7,12H,2-5,8-11,13-14,19H2,1H3. The number of rotatable bonds is 3. The lowest BCUT2D eigenvalue weighted by Crippen LogP contribution is -2.57. The Kier molecular flexibility index (Phi) is 4.51. The van der Waals surface area contributed by atoms with Crippen molar-refractivity contribution in [3.05, 3.63) is 29.3 Å². The van der Waals surface area contributed by atoms with E-state index in [1.165, 1.54) is 56.3 Å². The van der Waals surface area contributed by atoms with E-state index in [0.29, 0.717) is 0 Å². The van der Waals surface area contributed by atoms with Crippen LogP contribution in [-0.4, -0.2) is 37.2 Å². The number of nitrogens with zero attached hydrogens (tertiary/aromatic N) is 1. The summed E-state index contributed by atoms with van der Waals surface area (Å²) in [7, 11) is 1.75. The second-order valence-corrected chi connectivity index (χ2v) is 6.64. The number of methoxy groups -OCH3 is 1. The third kappa shape index (κ3) is 2.95. The van der Waals surface area contributed by atoms with Crippen LogP contribution in [-0.2, 0) is 12.8 Å². The first-order valence-electron chi connectivity index (χ1n) is 8.38. The maximum absolute atomic E-state index is 6.27. The maximum Gasteiger partial charge on any atom is 0.119 e. The van der Waals surface area contributed by atoms with Crippen molar-refractivity contribution in [2.45, 2.75) is 50.5 Å². The number of hydrogen-bond acceptors (Lipinski definition) is 3. The first-order valence-corrected chi connectivity index (χ1v) is 8.38. The molecule has 0 bridgehead atoms. The van der Waals surface area contributed by atoms with Gasteiger partial charge < -0.3 is 10.5 Å². The van der Waals surface area contributed by atoms with Gasteiger partial charge in [-0.1, -0.05) is 18.9 Å². The highest BCUT2D eigenvalue weighted by atomic mass is 16.5. The van der Waals surface area contributed by atoms with Crippen LogP contribution in [0.2, 0.25) is 0 Å². The fourth-order valence-electron chi connectivity index (χ4n) is 4.07. The van der Waals surface area contributed by atoms with Crippen LogP contribution in [0.5, 0.6) is 5.75 Å². The van der Waals surface area contributed by atoms with Crippen molar-refractivity contribution in [3.63, 3.8) is 0 Å². The maximum atomic E-state index is 6.27. The third-order valence-corrected chi connectivity index (χ3v) is 5.45. The summed E-state index contributed by atoms with van der Waals surface area (Å²) in [5.41, 5.74) is 9.37. The van der Waals surface area contributed by atoms with Gasteiger partial charge >= 0.3 is 0 Å². The molecule has 116 valence electrons. The first kappa shape index (κ1) is 14.9. The summed E-state index contributed by atoms with van der Waals surface area (Å²) in [5.74, 6) is 0.970. The molecule has 1 atom stereocenters. The molecule has 0 radical (unpaired) electrons. The molecule has 21 heavy (non-hydrogen) atoms. The van der Waals surface area contributed by atoms with Crippen molar-refractivity contribution in [2.24, 2.45) is 5.73 Å². The predicted molar refractivity (Wildman–Crippen MR) is 86.8 cm³/mol. The lowest BCUT2D eigenvalue weighted by Gasteiger charge is -2.46. The van der Waals surface area contributed by atoms with Gasteiger partial charge in [0.1, 0.15) is 5.75 Å². The molecule has 0 amide bonds. The molecule has 0 aromatic heterocycles. The minimum atomic E-state index is 0.170. The van der Waals surface area contributed by atoms with Crippen LogP contribution in [0.4, 0.5) is 0 Å². The van der Waals surface area contributed by atoms with Gasteiger partial charge in [-0.15, -0.1) is 0 Å². The Labute approximate surface area is 128 Å². The summed E-state index contributed by atoms with van der Waals surface area (Å²) in [4.78, 5) is 2.70. The quantitative estimate of drug-likeness (QED) is 0.929. The van der Waals surface area contributed by atoms with E-state index in [1.54, 1.807) is 7.11 Å². The highest BCUT2D eigenvalue weighted by molar-refractivity contribution is 5.39. The van der Waals surface area contributed by atoms with E-state index >= 15 is 0 Å². The molecule has 1 aliphatic carbocycles. The van der Waals surface area contributed by atoms with Gasteiger partial charge in [-0.2, -0.15) is 0 Å². The molecule has 2 N–H and O–H groups in total. The first-order chi connectivity index (χ1) is 10.3. The van der Waals surface area contributed by atoms with Gasteiger partial charge in [-0.25, -0.2) is 0 Å². The van der Waals surface area contributed by atoms with E-state index in [1.807, 2.05) is 0 Å². The van der Waals surface area contributed by atoms with E-state index in [-0.39, 0.29) is 5.54 Å². The molecule has 3 rings (SSSR count). The van der Waals surface area contributed by atoms with Crippen LogP contribution in [0.15, 0.2) is 18.2 Å².